The maximum Gasteiger partial charge on any atom is 0.243 e. The van der Waals surface area contributed by atoms with Crippen LogP contribution in [-0.4, -0.2) is 44.5 Å². The number of thioether (sulfide) groups is 1. The fourth-order valence-electron chi connectivity index (χ4n) is 3.31. The lowest BCUT2D eigenvalue weighted by molar-refractivity contribution is -0.114. The van der Waals surface area contributed by atoms with Gasteiger partial charge in [0.15, 0.2) is 0 Å². The fraction of sp³-hybridized carbons (Fsp3) is 0.381. The van der Waals surface area contributed by atoms with Gasteiger partial charge in [-0.05, 0) is 55.9 Å². The molecule has 1 saturated heterocycles. The van der Waals surface area contributed by atoms with E-state index in [1.54, 1.807) is 30.0 Å². The van der Waals surface area contributed by atoms with Crippen LogP contribution in [0.5, 0.6) is 0 Å². The van der Waals surface area contributed by atoms with Crippen LogP contribution in [0.3, 0.4) is 0 Å². The van der Waals surface area contributed by atoms with Crippen molar-refractivity contribution in [3.63, 3.8) is 0 Å². The Morgan fingerprint density at radius 2 is 1.79 bits per heavy atom. The number of sulfonamides is 1. The average molecular weight is 434 g/mol. The van der Waals surface area contributed by atoms with Gasteiger partial charge in [-0.2, -0.15) is 4.31 Å². The summed E-state index contributed by atoms with van der Waals surface area (Å²) in [5.74, 6) is -0.225. The van der Waals surface area contributed by atoms with Crippen molar-refractivity contribution in [3.8, 4) is 0 Å². The highest BCUT2D eigenvalue weighted by Gasteiger charge is 2.26. The number of benzene rings is 2. The van der Waals surface area contributed by atoms with E-state index in [0.29, 0.717) is 18.8 Å². The van der Waals surface area contributed by atoms with Gasteiger partial charge in [-0.1, -0.05) is 24.6 Å². The van der Waals surface area contributed by atoms with E-state index in [2.05, 4.69) is 10.6 Å². The van der Waals surface area contributed by atoms with Gasteiger partial charge >= 0.3 is 0 Å². The molecule has 0 radical (unpaired) electrons. The summed E-state index contributed by atoms with van der Waals surface area (Å²) in [5.41, 5.74) is 2.24. The van der Waals surface area contributed by atoms with E-state index in [1.165, 1.54) is 4.31 Å². The Hall–Kier alpha value is -2.03. The largest absolute Gasteiger partial charge is 0.375 e. The minimum Gasteiger partial charge on any atom is -0.375 e. The quantitative estimate of drug-likeness (QED) is 0.647. The van der Waals surface area contributed by atoms with E-state index < -0.39 is 10.0 Å². The third-order valence-corrected chi connectivity index (χ3v) is 7.67. The number of carbonyl (C=O) groups is 1. The molecule has 6 nitrogen and oxygen atoms in total. The van der Waals surface area contributed by atoms with Crippen LogP contribution in [0.2, 0.25) is 0 Å². The number of anilines is 2. The molecular formula is C21H27N3O3S2. The Bertz CT molecular complexity index is 971. The molecule has 0 aromatic heterocycles. The molecule has 29 heavy (non-hydrogen) atoms. The van der Waals surface area contributed by atoms with Gasteiger partial charge in [0.2, 0.25) is 15.9 Å². The molecule has 2 aromatic carbocycles. The van der Waals surface area contributed by atoms with E-state index in [-0.39, 0.29) is 17.3 Å². The summed E-state index contributed by atoms with van der Waals surface area (Å²) in [5, 5.41) is 5.98. The zero-order valence-electron chi connectivity index (χ0n) is 16.8. The summed E-state index contributed by atoms with van der Waals surface area (Å²) in [6, 6.07) is 12.7. The zero-order chi connectivity index (χ0) is 20.9. The highest BCUT2D eigenvalue weighted by Crippen LogP contribution is 2.26. The van der Waals surface area contributed by atoms with E-state index in [9.17, 15) is 13.2 Å². The van der Waals surface area contributed by atoms with E-state index in [1.807, 2.05) is 37.4 Å². The molecule has 3 rings (SSSR count). The molecule has 2 aromatic rings. The molecule has 1 heterocycles. The van der Waals surface area contributed by atoms with Crippen LogP contribution in [0, 0.1) is 6.92 Å². The van der Waals surface area contributed by atoms with Crippen LogP contribution in [0.25, 0.3) is 0 Å². The summed E-state index contributed by atoms with van der Waals surface area (Å²) in [4.78, 5) is 13.7. The van der Waals surface area contributed by atoms with Gasteiger partial charge in [-0.15, -0.1) is 11.8 Å². The second-order valence-electron chi connectivity index (χ2n) is 7.04. The molecule has 8 heteroatoms. The van der Waals surface area contributed by atoms with E-state index >= 15 is 0 Å². The first-order valence-electron chi connectivity index (χ1n) is 9.69. The number of amides is 1. The summed E-state index contributed by atoms with van der Waals surface area (Å²) in [6.07, 6.45) is 4.82. The first kappa shape index (κ1) is 21.7. The third-order valence-electron chi connectivity index (χ3n) is 4.98. The van der Waals surface area contributed by atoms with Crippen molar-refractivity contribution in [2.45, 2.75) is 36.0 Å². The van der Waals surface area contributed by atoms with Gasteiger partial charge in [0, 0.05) is 29.4 Å². The van der Waals surface area contributed by atoms with Gasteiger partial charge in [0.25, 0.3) is 0 Å². The number of rotatable bonds is 7. The maximum atomic E-state index is 12.9. The fourth-order valence-corrected chi connectivity index (χ4v) is 5.43. The summed E-state index contributed by atoms with van der Waals surface area (Å²) in [7, 11) is -3.54. The minimum absolute atomic E-state index is 0.0973. The molecule has 156 valence electrons. The maximum absolute atomic E-state index is 12.9. The first-order chi connectivity index (χ1) is 13.9. The molecule has 2 N–H and O–H groups in total. The molecule has 0 bridgehead atoms. The molecule has 0 spiro atoms. The van der Waals surface area contributed by atoms with E-state index in [4.69, 9.17) is 0 Å². The normalized spacial score (nSPS) is 15.1. The Balaban J connectivity index is 1.70. The molecule has 0 saturated carbocycles. The second kappa shape index (κ2) is 9.65. The number of nitrogens with zero attached hydrogens (tertiary/aromatic N) is 1. The third kappa shape index (κ3) is 5.32. The Labute approximate surface area is 177 Å². The monoisotopic (exact) mass is 433 g/mol. The average Bonchev–Trinajstić information content (AvgIpc) is 2.74. The van der Waals surface area contributed by atoms with Crippen LogP contribution in [0.4, 0.5) is 11.4 Å². The molecule has 0 aliphatic carbocycles. The number of para-hydroxylation sites is 1. The van der Waals surface area contributed by atoms with Crippen LogP contribution in [0.15, 0.2) is 52.3 Å². The van der Waals surface area contributed by atoms with Gasteiger partial charge in [-0.25, -0.2) is 8.42 Å². The van der Waals surface area contributed by atoms with Crippen molar-refractivity contribution in [2.24, 2.45) is 0 Å². The molecule has 1 aliphatic rings. The highest BCUT2D eigenvalue weighted by molar-refractivity contribution is 7.98. The molecule has 1 amide bonds. The predicted octanol–water partition coefficient (Wildman–Crippen LogP) is 3.94. The Kier molecular flexibility index (Phi) is 7.21. The van der Waals surface area contributed by atoms with Gasteiger partial charge < -0.3 is 10.6 Å². The first-order valence-corrected chi connectivity index (χ1v) is 12.4. The van der Waals surface area contributed by atoms with Crippen LogP contribution in [0.1, 0.15) is 24.8 Å². The van der Waals surface area contributed by atoms with Crippen molar-refractivity contribution < 1.29 is 13.2 Å². The van der Waals surface area contributed by atoms with Crippen molar-refractivity contribution in [2.75, 3.05) is 36.5 Å². The van der Waals surface area contributed by atoms with Gasteiger partial charge in [0.1, 0.15) is 0 Å². The van der Waals surface area contributed by atoms with E-state index in [0.717, 1.165) is 35.4 Å². The smallest absolute Gasteiger partial charge is 0.243 e. The lowest BCUT2D eigenvalue weighted by atomic mass is 10.2. The molecule has 0 atom stereocenters. The number of piperidine rings is 1. The van der Waals surface area contributed by atoms with Gasteiger partial charge in [0.05, 0.1) is 11.4 Å². The predicted molar refractivity (Wildman–Crippen MR) is 119 cm³/mol. The summed E-state index contributed by atoms with van der Waals surface area (Å²) < 4.78 is 27.4. The number of aryl methyl sites for hydroxylation is 1. The molecule has 1 fully saturated rings. The summed E-state index contributed by atoms with van der Waals surface area (Å²) in [6.45, 7) is 3.05. The number of hydrogen-bond acceptors (Lipinski definition) is 5. The minimum atomic E-state index is -3.54. The van der Waals surface area contributed by atoms with Crippen molar-refractivity contribution in [3.05, 3.63) is 48.0 Å². The van der Waals surface area contributed by atoms with Crippen molar-refractivity contribution in [1.82, 2.24) is 4.31 Å². The van der Waals surface area contributed by atoms with Crippen LogP contribution in [-0.2, 0) is 14.8 Å². The van der Waals surface area contributed by atoms with Crippen molar-refractivity contribution >= 4 is 39.1 Å². The molecular weight excluding hydrogens is 406 g/mol. The van der Waals surface area contributed by atoms with Crippen LogP contribution >= 0.6 is 11.8 Å². The lowest BCUT2D eigenvalue weighted by Gasteiger charge is -2.26. The lowest BCUT2D eigenvalue weighted by Crippen LogP contribution is -2.35. The van der Waals surface area contributed by atoms with Gasteiger partial charge in [-0.3, -0.25) is 4.79 Å². The van der Waals surface area contributed by atoms with Crippen molar-refractivity contribution in [1.29, 1.82) is 0 Å². The second-order valence-corrected chi connectivity index (χ2v) is 9.83. The number of hydrogen-bond donors (Lipinski definition) is 2. The zero-order valence-corrected chi connectivity index (χ0v) is 18.4. The topological polar surface area (TPSA) is 78.5 Å². The standard InChI is InChI=1S/C21H27N3O3S2/c1-16-10-11-17(29(26,27)24-12-6-3-7-13-24)14-19(16)23-21(25)15-22-18-8-4-5-9-20(18)28-2/h4-5,8-11,14,22H,3,6-7,12-13,15H2,1-2H3,(H,23,25). The SMILES string of the molecule is CSc1ccccc1NCC(=O)Nc1cc(S(=O)(=O)N2CCCCC2)ccc1C. The number of carbonyl (C=O) groups excluding carboxylic acids is 1. The molecule has 1 aliphatic heterocycles. The summed E-state index contributed by atoms with van der Waals surface area (Å²) >= 11 is 1.61. The highest BCUT2D eigenvalue weighted by atomic mass is 32.2. The molecule has 0 unspecified atom stereocenters. The number of nitrogens with one attached hydrogen (secondary N) is 2. The Morgan fingerprint density at radius 1 is 1.07 bits per heavy atom. The van der Waals surface area contributed by atoms with Crippen LogP contribution < -0.4 is 10.6 Å². The Morgan fingerprint density at radius 3 is 2.52 bits per heavy atom.